The van der Waals surface area contributed by atoms with Crippen LogP contribution in [-0.4, -0.2) is 39.5 Å². The van der Waals surface area contributed by atoms with E-state index in [2.05, 4.69) is 21.0 Å². The standard InChI is InChI=1S/C13H20BrF2N3/c14-6-8-18(10-13(15)16)9-11-5-7-19(17-11)12-3-1-2-4-12/h5,7,12-13H,1-4,6,8-10H2. The molecule has 1 fully saturated rings. The molecule has 0 spiro atoms. The van der Waals surface area contributed by atoms with Crippen molar-refractivity contribution < 1.29 is 8.78 Å². The summed E-state index contributed by atoms with van der Waals surface area (Å²) in [6.45, 7) is 0.915. The van der Waals surface area contributed by atoms with Gasteiger partial charge in [0.25, 0.3) is 6.43 Å². The van der Waals surface area contributed by atoms with E-state index in [0.29, 0.717) is 24.5 Å². The lowest BCUT2D eigenvalue weighted by atomic mass is 10.3. The third-order valence-electron chi connectivity index (χ3n) is 3.54. The topological polar surface area (TPSA) is 21.1 Å². The summed E-state index contributed by atoms with van der Waals surface area (Å²) in [6, 6.07) is 2.46. The van der Waals surface area contributed by atoms with Gasteiger partial charge in [-0.15, -0.1) is 0 Å². The normalized spacial score (nSPS) is 16.9. The molecule has 0 amide bonds. The lowest BCUT2D eigenvalue weighted by molar-refractivity contribution is 0.0874. The maximum Gasteiger partial charge on any atom is 0.251 e. The van der Waals surface area contributed by atoms with Crippen LogP contribution in [0.25, 0.3) is 0 Å². The second-order valence-corrected chi connectivity index (χ2v) is 5.83. The minimum atomic E-state index is -2.30. The van der Waals surface area contributed by atoms with E-state index in [1.165, 1.54) is 25.7 Å². The van der Waals surface area contributed by atoms with Gasteiger partial charge in [0.05, 0.1) is 18.3 Å². The Kier molecular flexibility index (Phi) is 5.76. The summed E-state index contributed by atoms with van der Waals surface area (Å²) in [5, 5.41) is 5.23. The molecule has 6 heteroatoms. The Labute approximate surface area is 121 Å². The molecule has 2 rings (SSSR count). The van der Waals surface area contributed by atoms with Crippen molar-refractivity contribution in [1.29, 1.82) is 0 Å². The Morgan fingerprint density at radius 1 is 1.42 bits per heavy atom. The SMILES string of the molecule is FC(F)CN(CCBr)Cc1ccn(C2CCCC2)n1. The first-order valence-electron chi connectivity index (χ1n) is 6.79. The number of alkyl halides is 3. The van der Waals surface area contributed by atoms with Crippen molar-refractivity contribution in [2.24, 2.45) is 0 Å². The molecular formula is C13H20BrF2N3. The maximum absolute atomic E-state index is 12.5. The molecule has 1 heterocycles. The second kappa shape index (κ2) is 7.33. The van der Waals surface area contributed by atoms with Crippen molar-refractivity contribution in [2.75, 3.05) is 18.4 Å². The molecule has 1 aromatic rings. The lowest BCUT2D eigenvalue weighted by Crippen LogP contribution is -2.30. The van der Waals surface area contributed by atoms with Crippen LogP contribution in [0.3, 0.4) is 0 Å². The van der Waals surface area contributed by atoms with Crippen LogP contribution in [0.5, 0.6) is 0 Å². The highest BCUT2D eigenvalue weighted by Gasteiger charge is 2.18. The van der Waals surface area contributed by atoms with Crippen molar-refractivity contribution in [3.8, 4) is 0 Å². The minimum Gasteiger partial charge on any atom is -0.291 e. The fourth-order valence-corrected chi connectivity index (χ4v) is 3.11. The van der Waals surface area contributed by atoms with E-state index in [4.69, 9.17) is 0 Å². The number of hydrogen-bond donors (Lipinski definition) is 0. The first kappa shape index (κ1) is 14.9. The molecule has 0 N–H and O–H groups in total. The molecule has 1 aliphatic carbocycles. The van der Waals surface area contributed by atoms with Gasteiger partial charge in [-0.3, -0.25) is 9.58 Å². The zero-order valence-electron chi connectivity index (χ0n) is 10.9. The highest BCUT2D eigenvalue weighted by atomic mass is 79.9. The first-order valence-corrected chi connectivity index (χ1v) is 7.91. The van der Waals surface area contributed by atoms with E-state index in [9.17, 15) is 8.78 Å². The Morgan fingerprint density at radius 2 is 2.16 bits per heavy atom. The van der Waals surface area contributed by atoms with Gasteiger partial charge in [-0.1, -0.05) is 28.8 Å². The van der Waals surface area contributed by atoms with Crippen LogP contribution in [0.1, 0.15) is 37.4 Å². The molecule has 0 saturated heterocycles. The zero-order chi connectivity index (χ0) is 13.7. The molecule has 1 saturated carbocycles. The molecule has 19 heavy (non-hydrogen) atoms. The minimum absolute atomic E-state index is 0.193. The Bertz CT molecular complexity index is 378. The van der Waals surface area contributed by atoms with E-state index in [1.807, 2.05) is 16.9 Å². The lowest BCUT2D eigenvalue weighted by Gasteiger charge is -2.19. The van der Waals surface area contributed by atoms with Gasteiger partial charge in [0, 0.05) is 24.6 Å². The van der Waals surface area contributed by atoms with E-state index in [1.54, 1.807) is 4.90 Å². The maximum atomic E-state index is 12.5. The van der Waals surface area contributed by atoms with Gasteiger partial charge in [0.2, 0.25) is 0 Å². The molecule has 0 radical (unpaired) electrons. The third-order valence-corrected chi connectivity index (χ3v) is 3.90. The predicted molar refractivity (Wildman–Crippen MR) is 74.8 cm³/mol. The van der Waals surface area contributed by atoms with Crippen LogP contribution in [0.15, 0.2) is 12.3 Å². The number of rotatable bonds is 7. The summed E-state index contributed by atoms with van der Waals surface area (Å²) in [5.74, 6) is 0. The highest BCUT2D eigenvalue weighted by Crippen LogP contribution is 2.28. The van der Waals surface area contributed by atoms with Gasteiger partial charge in [-0.2, -0.15) is 5.10 Å². The van der Waals surface area contributed by atoms with Crippen LogP contribution in [0, 0.1) is 0 Å². The molecule has 3 nitrogen and oxygen atoms in total. The van der Waals surface area contributed by atoms with Crippen LogP contribution in [0.4, 0.5) is 8.78 Å². The quantitative estimate of drug-likeness (QED) is 0.711. The molecule has 0 atom stereocenters. The molecular weight excluding hydrogens is 316 g/mol. The Hall–Kier alpha value is -0.490. The van der Waals surface area contributed by atoms with Gasteiger partial charge in [-0.25, -0.2) is 8.78 Å². The van der Waals surface area contributed by atoms with Crippen LogP contribution in [-0.2, 0) is 6.54 Å². The summed E-state index contributed by atoms with van der Waals surface area (Å²) in [4.78, 5) is 1.74. The average Bonchev–Trinajstić information content (AvgIpc) is 2.97. The van der Waals surface area contributed by atoms with Gasteiger partial charge in [-0.05, 0) is 18.9 Å². The number of aromatic nitrogens is 2. The van der Waals surface area contributed by atoms with E-state index >= 15 is 0 Å². The van der Waals surface area contributed by atoms with Crippen molar-refractivity contribution in [3.05, 3.63) is 18.0 Å². The van der Waals surface area contributed by atoms with Gasteiger partial charge < -0.3 is 0 Å². The van der Waals surface area contributed by atoms with E-state index in [0.717, 1.165) is 5.69 Å². The number of halogens is 3. The monoisotopic (exact) mass is 335 g/mol. The van der Waals surface area contributed by atoms with Crippen LogP contribution < -0.4 is 0 Å². The van der Waals surface area contributed by atoms with Crippen LogP contribution in [0.2, 0.25) is 0 Å². The second-order valence-electron chi connectivity index (χ2n) is 5.04. The van der Waals surface area contributed by atoms with Gasteiger partial charge in [0.1, 0.15) is 0 Å². The third kappa shape index (κ3) is 4.53. The summed E-state index contributed by atoms with van der Waals surface area (Å²) in [7, 11) is 0. The summed E-state index contributed by atoms with van der Waals surface area (Å²) >= 11 is 3.30. The fourth-order valence-electron chi connectivity index (χ4n) is 2.61. The van der Waals surface area contributed by atoms with Crippen molar-refractivity contribution in [3.63, 3.8) is 0 Å². The molecule has 1 aliphatic rings. The van der Waals surface area contributed by atoms with Gasteiger partial charge >= 0.3 is 0 Å². The molecule has 0 aliphatic heterocycles. The van der Waals surface area contributed by atoms with E-state index < -0.39 is 6.43 Å². The fraction of sp³-hybridized carbons (Fsp3) is 0.769. The molecule has 1 aromatic heterocycles. The number of nitrogens with zero attached hydrogens (tertiary/aromatic N) is 3. The molecule has 0 aromatic carbocycles. The zero-order valence-corrected chi connectivity index (χ0v) is 12.5. The first-order chi connectivity index (χ1) is 9.19. The molecule has 0 unspecified atom stereocenters. The predicted octanol–water partition coefficient (Wildman–Crippen LogP) is 3.46. The summed E-state index contributed by atoms with van der Waals surface area (Å²) in [6.07, 6.45) is 4.59. The number of hydrogen-bond acceptors (Lipinski definition) is 2. The highest BCUT2D eigenvalue weighted by molar-refractivity contribution is 9.09. The Morgan fingerprint density at radius 3 is 2.79 bits per heavy atom. The van der Waals surface area contributed by atoms with Crippen molar-refractivity contribution in [1.82, 2.24) is 14.7 Å². The molecule has 0 bridgehead atoms. The largest absolute Gasteiger partial charge is 0.291 e. The summed E-state index contributed by atoms with van der Waals surface area (Å²) in [5.41, 5.74) is 0.883. The van der Waals surface area contributed by atoms with E-state index in [-0.39, 0.29) is 6.54 Å². The average molecular weight is 336 g/mol. The van der Waals surface area contributed by atoms with Crippen molar-refractivity contribution >= 4 is 15.9 Å². The Balaban J connectivity index is 1.92. The molecule has 108 valence electrons. The van der Waals surface area contributed by atoms with Crippen LogP contribution >= 0.6 is 15.9 Å². The smallest absolute Gasteiger partial charge is 0.251 e. The summed E-state index contributed by atoms with van der Waals surface area (Å²) < 4.78 is 27.0. The van der Waals surface area contributed by atoms with Crippen molar-refractivity contribution in [2.45, 2.75) is 44.7 Å². The van der Waals surface area contributed by atoms with Gasteiger partial charge in [0.15, 0.2) is 0 Å².